The SMILES string of the molecule is Cc1ccc2c(n1)N(CC1CC1)CCN(Cc1cnn(C)c1)C2. The highest BCUT2D eigenvalue weighted by Crippen LogP contribution is 2.33. The molecule has 1 saturated carbocycles. The van der Waals surface area contributed by atoms with E-state index in [2.05, 4.69) is 40.2 Å². The van der Waals surface area contributed by atoms with Gasteiger partial charge in [0.05, 0.1) is 6.20 Å². The molecule has 2 aliphatic rings. The highest BCUT2D eigenvalue weighted by atomic mass is 15.3. The predicted molar refractivity (Wildman–Crippen MR) is 91.2 cm³/mol. The lowest BCUT2D eigenvalue weighted by Crippen LogP contribution is -2.33. The molecule has 0 bridgehead atoms. The summed E-state index contributed by atoms with van der Waals surface area (Å²) in [5, 5.41) is 4.29. The molecular formula is C18H25N5. The number of hydrogen-bond donors (Lipinski definition) is 0. The van der Waals surface area contributed by atoms with Crippen molar-refractivity contribution in [1.29, 1.82) is 0 Å². The van der Waals surface area contributed by atoms with Gasteiger partial charge in [-0.15, -0.1) is 0 Å². The zero-order valence-electron chi connectivity index (χ0n) is 14.1. The molecule has 0 aromatic carbocycles. The van der Waals surface area contributed by atoms with E-state index in [0.717, 1.165) is 37.8 Å². The predicted octanol–water partition coefficient (Wildman–Crippen LogP) is 2.36. The molecule has 0 amide bonds. The Balaban J connectivity index is 1.56. The third-order valence-electron chi connectivity index (χ3n) is 4.81. The second-order valence-electron chi connectivity index (χ2n) is 7.06. The molecule has 0 radical (unpaired) electrons. The molecule has 0 unspecified atom stereocenters. The Kier molecular flexibility index (Phi) is 3.81. The Morgan fingerprint density at radius 2 is 2.09 bits per heavy atom. The number of fused-ring (bicyclic) bond motifs is 1. The van der Waals surface area contributed by atoms with Gasteiger partial charge in [0.25, 0.3) is 0 Å². The summed E-state index contributed by atoms with van der Waals surface area (Å²) in [6, 6.07) is 4.40. The molecule has 1 aliphatic carbocycles. The van der Waals surface area contributed by atoms with Crippen molar-refractivity contribution in [3.63, 3.8) is 0 Å². The van der Waals surface area contributed by atoms with Crippen LogP contribution in [-0.4, -0.2) is 39.3 Å². The fourth-order valence-electron chi connectivity index (χ4n) is 3.39. The van der Waals surface area contributed by atoms with Gasteiger partial charge in [-0.1, -0.05) is 6.07 Å². The molecule has 1 aliphatic heterocycles. The molecule has 4 rings (SSSR count). The largest absolute Gasteiger partial charge is 0.355 e. The van der Waals surface area contributed by atoms with Crippen molar-refractivity contribution in [2.45, 2.75) is 32.9 Å². The van der Waals surface area contributed by atoms with Crippen LogP contribution in [0.1, 0.15) is 29.7 Å². The van der Waals surface area contributed by atoms with E-state index in [1.165, 1.54) is 36.3 Å². The molecule has 0 spiro atoms. The van der Waals surface area contributed by atoms with Crippen molar-refractivity contribution >= 4 is 5.82 Å². The summed E-state index contributed by atoms with van der Waals surface area (Å²) in [5.74, 6) is 2.10. The van der Waals surface area contributed by atoms with E-state index in [1.807, 2.05) is 17.9 Å². The van der Waals surface area contributed by atoms with Crippen molar-refractivity contribution in [2.24, 2.45) is 13.0 Å². The van der Waals surface area contributed by atoms with Gasteiger partial charge < -0.3 is 4.90 Å². The fraction of sp³-hybridized carbons (Fsp3) is 0.556. The Labute approximate surface area is 137 Å². The van der Waals surface area contributed by atoms with E-state index in [9.17, 15) is 0 Å². The van der Waals surface area contributed by atoms with Crippen LogP contribution in [-0.2, 0) is 20.1 Å². The van der Waals surface area contributed by atoms with Gasteiger partial charge in [-0.2, -0.15) is 5.10 Å². The maximum atomic E-state index is 4.86. The van der Waals surface area contributed by atoms with E-state index in [-0.39, 0.29) is 0 Å². The minimum Gasteiger partial charge on any atom is -0.355 e. The summed E-state index contributed by atoms with van der Waals surface area (Å²) in [7, 11) is 1.98. The molecule has 0 atom stereocenters. The van der Waals surface area contributed by atoms with Gasteiger partial charge in [0.15, 0.2) is 0 Å². The summed E-state index contributed by atoms with van der Waals surface area (Å²) in [4.78, 5) is 9.90. The van der Waals surface area contributed by atoms with E-state index in [4.69, 9.17) is 4.98 Å². The second-order valence-corrected chi connectivity index (χ2v) is 7.06. The fourth-order valence-corrected chi connectivity index (χ4v) is 3.39. The molecule has 1 fully saturated rings. The van der Waals surface area contributed by atoms with E-state index in [0.29, 0.717) is 0 Å². The van der Waals surface area contributed by atoms with Gasteiger partial charge in [0.2, 0.25) is 0 Å². The molecular weight excluding hydrogens is 286 g/mol. The van der Waals surface area contributed by atoms with Gasteiger partial charge >= 0.3 is 0 Å². The van der Waals surface area contributed by atoms with E-state index >= 15 is 0 Å². The van der Waals surface area contributed by atoms with Crippen molar-refractivity contribution in [3.05, 3.63) is 41.3 Å². The first-order valence-corrected chi connectivity index (χ1v) is 8.59. The molecule has 0 saturated heterocycles. The first-order valence-electron chi connectivity index (χ1n) is 8.59. The summed E-state index contributed by atoms with van der Waals surface area (Å²) in [6.45, 7) is 7.34. The van der Waals surface area contributed by atoms with E-state index < -0.39 is 0 Å². The third kappa shape index (κ3) is 3.39. The Morgan fingerprint density at radius 1 is 1.22 bits per heavy atom. The Hall–Kier alpha value is -1.88. The zero-order chi connectivity index (χ0) is 15.8. The third-order valence-corrected chi connectivity index (χ3v) is 4.81. The van der Waals surface area contributed by atoms with Crippen LogP contribution in [0.2, 0.25) is 0 Å². The standard InChI is InChI=1S/C18H25N5/c1-14-3-6-17-13-22(11-16-9-19-21(2)10-16)7-8-23(18(17)20-14)12-15-4-5-15/h3,6,9-10,15H,4-5,7-8,11-13H2,1-2H3. The summed E-state index contributed by atoms with van der Waals surface area (Å²) < 4.78 is 1.88. The molecule has 0 N–H and O–H groups in total. The normalized spacial score (nSPS) is 18.8. The molecule has 23 heavy (non-hydrogen) atoms. The number of aromatic nitrogens is 3. The first kappa shape index (κ1) is 14.7. The highest BCUT2D eigenvalue weighted by molar-refractivity contribution is 5.49. The van der Waals surface area contributed by atoms with Crippen LogP contribution in [0, 0.1) is 12.8 Å². The average molecular weight is 311 g/mol. The highest BCUT2D eigenvalue weighted by Gasteiger charge is 2.28. The van der Waals surface area contributed by atoms with Crippen LogP contribution in [0.15, 0.2) is 24.5 Å². The molecule has 122 valence electrons. The van der Waals surface area contributed by atoms with Crippen molar-refractivity contribution in [3.8, 4) is 0 Å². The topological polar surface area (TPSA) is 37.2 Å². The van der Waals surface area contributed by atoms with Gasteiger partial charge in [0, 0.05) is 62.8 Å². The van der Waals surface area contributed by atoms with Crippen LogP contribution in [0.5, 0.6) is 0 Å². The van der Waals surface area contributed by atoms with Gasteiger partial charge in [0.1, 0.15) is 5.82 Å². The smallest absolute Gasteiger partial charge is 0.133 e. The quantitative estimate of drug-likeness (QED) is 0.868. The minimum atomic E-state index is 0.884. The van der Waals surface area contributed by atoms with Crippen LogP contribution in [0.25, 0.3) is 0 Å². The second kappa shape index (κ2) is 5.96. The Morgan fingerprint density at radius 3 is 2.83 bits per heavy atom. The van der Waals surface area contributed by atoms with Crippen LogP contribution < -0.4 is 4.90 Å². The monoisotopic (exact) mass is 311 g/mol. The molecule has 5 nitrogen and oxygen atoms in total. The van der Waals surface area contributed by atoms with Gasteiger partial charge in [-0.3, -0.25) is 9.58 Å². The summed E-state index contributed by atoms with van der Waals surface area (Å²) >= 11 is 0. The molecule has 2 aromatic rings. The van der Waals surface area contributed by atoms with E-state index in [1.54, 1.807) is 0 Å². The van der Waals surface area contributed by atoms with Crippen LogP contribution >= 0.6 is 0 Å². The lowest BCUT2D eigenvalue weighted by Gasteiger charge is -2.24. The minimum absolute atomic E-state index is 0.884. The number of nitrogens with zero attached hydrogens (tertiary/aromatic N) is 5. The van der Waals surface area contributed by atoms with Crippen molar-refractivity contribution in [2.75, 3.05) is 24.5 Å². The van der Waals surface area contributed by atoms with Crippen LogP contribution in [0.4, 0.5) is 5.82 Å². The number of hydrogen-bond acceptors (Lipinski definition) is 4. The maximum absolute atomic E-state index is 4.86. The number of pyridine rings is 1. The number of rotatable bonds is 4. The number of anilines is 1. The summed E-state index contributed by atoms with van der Waals surface area (Å²) in [6.07, 6.45) is 6.86. The lowest BCUT2D eigenvalue weighted by atomic mass is 10.2. The zero-order valence-corrected chi connectivity index (χ0v) is 14.1. The van der Waals surface area contributed by atoms with Gasteiger partial charge in [-0.25, -0.2) is 4.98 Å². The first-order chi connectivity index (χ1) is 11.2. The van der Waals surface area contributed by atoms with Crippen molar-refractivity contribution in [1.82, 2.24) is 19.7 Å². The number of aryl methyl sites for hydroxylation is 2. The van der Waals surface area contributed by atoms with Crippen molar-refractivity contribution < 1.29 is 0 Å². The lowest BCUT2D eigenvalue weighted by molar-refractivity contribution is 0.268. The molecule has 5 heteroatoms. The summed E-state index contributed by atoms with van der Waals surface area (Å²) in [5.41, 5.74) is 3.76. The van der Waals surface area contributed by atoms with Gasteiger partial charge in [-0.05, 0) is 31.7 Å². The molecule has 3 heterocycles. The Bertz CT molecular complexity index is 688. The average Bonchev–Trinajstić information content (AvgIpc) is 3.28. The van der Waals surface area contributed by atoms with Crippen LogP contribution in [0.3, 0.4) is 0 Å². The maximum Gasteiger partial charge on any atom is 0.133 e. The molecule has 2 aromatic heterocycles.